The second-order valence-corrected chi connectivity index (χ2v) is 19.0. The maximum absolute atomic E-state index is 11.5. The highest BCUT2D eigenvalue weighted by molar-refractivity contribution is 5.51. The van der Waals surface area contributed by atoms with E-state index in [2.05, 4.69) is 107 Å². The van der Waals surface area contributed by atoms with Gasteiger partial charge in [-0.3, -0.25) is 0 Å². The van der Waals surface area contributed by atoms with Gasteiger partial charge in [-0.2, -0.15) is 0 Å². The average Bonchev–Trinajstić information content (AvgIpc) is 2.89. The van der Waals surface area contributed by atoms with E-state index in [4.69, 9.17) is 4.74 Å². The summed E-state index contributed by atoms with van der Waals surface area (Å²) in [6, 6.07) is 9.12. The molecule has 2 saturated carbocycles. The third-order valence-electron chi connectivity index (χ3n) is 10.6. The summed E-state index contributed by atoms with van der Waals surface area (Å²) in [6.07, 6.45) is 13.5. The first-order valence-electron chi connectivity index (χ1n) is 18.0. The Hall–Kier alpha value is -2.00. The summed E-state index contributed by atoms with van der Waals surface area (Å²) in [4.78, 5) is 0. The van der Waals surface area contributed by atoms with Crippen molar-refractivity contribution in [3.8, 4) is 11.5 Å². The van der Waals surface area contributed by atoms with Crippen LogP contribution in [0, 0.1) is 0 Å². The Morgan fingerprint density at radius 3 is 0.933 bits per heavy atom. The molecule has 45 heavy (non-hydrogen) atoms. The minimum absolute atomic E-state index is 0.153. The molecule has 0 aliphatic heterocycles. The molecule has 0 spiro atoms. The summed E-state index contributed by atoms with van der Waals surface area (Å²) in [7, 11) is 0. The lowest BCUT2D eigenvalue weighted by Gasteiger charge is -2.48. The number of rotatable bonds is 6. The van der Waals surface area contributed by atoms with Crippen molar-refractivity contribution in [1.82, 2.24) is 0 Å². The van der Waals surface area contributed by atoms with Crippen molar-refractivity contribution in [3.05, 3.63) is 57.6 Å². The quantitative estimate of drug-likeness (QED) is 0.339. The molecular weight excluding hydrogens is 552 g/mol. The van der Waals surface area contributed by atoms with Crippen LogP contribution in [0.3, 0.4) is 0 Å². The number of benzene rings is 2. The fraction of sp³-hybridized carbons (Fsp3) is 0.714. The number of aromatic hydroxyl groups is 2. The van der Waals surface area contributed by atoms with Crippen molar-refractivity contribution in [3.63, 3.8) is 0 Å². The molecule has 2 fully saturated rings. The van der Waals surface area contributed by atoms with Crippen molar-refractivity contribution in [1.29, 1.82) is 0 Å². The molecule has 0 unspecified atom stereocenters. The van der Waals surface area contributed by atoms with E-state index in [1.807, 2.05) is 0 Å². The fourth-order valence-corrected chi connectivity index (χ4v) is 8.10. The van der Waals surface area contributed by atoms with Crippen LogP contribution in [-0.4, -0.2) is 21.4 Å². The predicted octanol–water partition coefficient (Wildman–Crippen LogP) is 11.5. The highest BCUT2D eigenvalue weighted by Crippen LogP contribution is 2.47. The van der Waals surface area contributed by atoms with Gasteiger partial charge in [0.2, 0.25) is 0 Å². The van der Waals surface area contributed by atoms with Crippen LogP contribution < -0.4 is 0 Å². The van der Waals surface area contributed by atoms with E-state index in [1.165, 1.54) is 49.7 Å². The Bertz CT molecular complexity index is 1150. The largest absolute Gasteiger partial charge is 0.507 e. The number of phenolic OH excluding ortho intramolecular Hbond substituents is 2. The maximum Gasteiger partial charge on any atom is 0.123 e. The van der Waals surface area contributed by atoms with Gasteiger partial charge in [-0.1, -0.05) is 146 Å². The average molecular weight is 619 g/mol. The van der Waals surface area contributed by atoms with Crippen molar-refractivity contribution < 1.29 is 14.9 Å². The van der Waals surface area contributed by atoms with E-state index < -0.39 is 0 Å². The molecule has 2 aromatic carbocycles. The van der Waals surface area contributed by atoms with Crippen molar-refractivity contribution in [2.24, 2.45) is 0 Å². The van der Waals surface area contributed by atoms with E-state index in [9.17, 15) is 10.2 Å². The lowest BCUT2D eigenvalue weighted by Crippen LogP contribution is -2.49. The van der Waals surface area contributed by atoms with Gasteiger partial charge in [-0.15, -0.1) is 0 Å². The number of hydrogen-bond donors (Lipinski definition) is 2. The van der Waals surface area contributed by atoms with Crippen LogP contribution in [0.1, 0.15) is 181 Å². The predicted molar refractivity (Wildman–Crippen MR) is 191 cm³/mol. The SMILES string of the molecule is CC(C)(C)c1cc(CC2(OC3(Cc4cc(C(C)(C)C)c(O)c(C(C)(C)C)c4)CCCCC3)CCCCC2)cc(C(C)(C)C)c1O. The third-order valence-corrected chi connectivity index (χ3v) is 10.6. The van der Waals surface area contributed by atoms with Crippen molar-refractivity contribution in [2.45, 2.75) is 193 Å². The van der Waals surface area contributed by atoms with Gasteiger partial charge in [0.25, 0.3) is 0 Å². The van der Waals surface area contributed by atoms with Gasteiger partial charge in [-0.25, -0.2) is 0 Å². The molecule has 2 aliphatic carbocycles. The molecule has 2 N–H and O–H groups in total. The van der Waals surface area contributed by atoms with Crippen LogP contribution in [0.25, 0.3) is 0 Å². The van der Waals surface area contributed by atoms with Crippen molar-refractivity contribution >= 4 is 0 Å². The third kappa shape index (κ3) is 8.30. The van der Waals surface area contributed by atoms with Crippen molar-refractivity contribution in [2.75, 3.05) is 0 Å². The second-order valence-electron chi connectivity index (χ2n) is 19.0. The number of ether oxygens (including phenoxy) is 1. The minimum Gasteiger partial charge on any atom is -0.507 e. The van der Waals surface area contributed by atoms with Gasteiger partial charge in [0.15, 0.2) is 0 Å². The molecule has 0 radical (unpaired) electrons. The monoisotopic (exact) mass is 619 g/mol. The summed E-state index contributed by atoms with van der Waals surface area (Å²) < 4.78 is 7.75. The first-order valence-corrected chi connectivity index (χ1v) is 18.0. The molecular formula is C42H66O3. The van der Waals surface area contributed by atoms with Gasteiger partial charge in [0.05, 0.1) is 11.2 Å². The van der Waals surface area contributed by atoms with Crippen LogP contribution >= 0.6 is 0 Å². The van der Waals surface area contributed by atoms with E-state index >= 15 is 0 Å². The molecule has 0 amide bonds. The normalized spacial score (nSPS) is 19.5. The standard InChI is InChI=1S/C42H66O3/c1-37(2,3)31-23-29(24-32(35(31)43)38(4,5)6)27-41(19-15-13-16-20-41)45-42(21-17-14-18-22-42)28-30-25-33(39(7,8)9)36(44)34(26-30)40(10,11)12/h23-26,43-44H,13-22,27-28H2,1-12H3. The zero-order chi connectivity index (χ0) is 33.6. The lowest BCUT2D eigenvalue weighted by atomic mass is 9.73. The molecule has 0 bridgehead atoms. The lowest BCUT2D eigenvalue weighted by molar-refractivity contribution is -0.184. The molecule has 0 heterocycles. The Balaban J connectivity index is 1.80. The summed E-state index contributed by atoms with van der Waals surface area (Å²) >= 11 is 0. The van der Waals surface area contributed by atoms with Crippen LogP contribution in [0.2, 0.25) is 0 Å². The highest BCUT2D eigenvalue weighted by Gasteiger charge is 2.44. The van der Waals surface area contributed by atoms with Gasteiger partial charge in [0.1, 0.15) is 11.5 Å². The van der Waals surface area contributed by atoms with Crippen LogP contribution in [0.4, 0.5) is 0 Å². The Morgan fingerprint density at radius 2 is 0.711 bits per heavy atom. The molecule has 3 nitrogen and oxygen atoms in total. The number of phenols is 2. The van der Waals surface area contributed by atoms with Gasteiger partial charge >= 0.3 is 0 Å². The Kier molecular flexibility index (Phi) is 10.00. The molecule has 2 aliphatic rings. The topological polar surface area (TPSA) is 49.7 Å². The zero-order valence-corrected chi connectivity index (χ0v) is 31.1. The molecule has 0 aromatic heterocycles. The highest BCUT2D eigenvalue weighted by atomic mass is 16.5. The molecule has 2 aromatic rings. The van der Waals surface area contributed by atoms with E-state index in [0.717, 1.165) is 60.8 Å². The molecule has 252 valence electrons. The van der Waals surface area contributed by atoms with Gasteiger partial charge in [-0.05, 0) is 80.7 Å². The second kappa shape index (κ2) is 12.6. The summed E-state index contributed by atoms with van der Waals surface area (Å²) in [6.45, 7) is 26.5. The van der Waals surface area contributed by atoms with Crippen LogP contribution in [-0.2, 0) is 39.2 Å². The first-order chi connectivity index (χ1) is 20.6. The Labute approximate surface area is 276 Å². The number of hydrogen-bond acceptors (Lipinski definition) is 3. The van der Waals surface area contributed by atoms with E-state index in [-0.39, 0.29) is 32.9 Å². The summed E-state index contributed by atoms with van der Waals surface area (Å²) in [5.74, 6) is 0.912. The molecule has 3 heteroatoms. The van der Waals surface area contributed by atoms with E-state index in [0.29, 0.717) is 11.5 Å². The van der Waals surface area contributed by atoms with Gasteiger partial charge in [0, 0.05) is 12.8 Å². The summed E-state index contributed by atoms with van der Waals surface area (Å²) in [5, 5.41) is 22.9. The molecule has 4 rings (SSSR count). The maximum atomic E-state index is 11.5. The minimum atomic E-state index is -0.215. The molecule has 0 saturated heterocycles. The summed E-state index contributed by atoms with van der Waals surface area (Å²) in [5.41, 5.74) is 5.71. The smallest absolute Gasteiger partial charge is 0.123 e. The zero-order valence-electron chi connectivity index (χ0n) is 31.1. The van der Waals surface area contributed by atoms with Crippen LogP contribution in [0.15, 0.2) is 24.3 Å². The first kappa shape index (κ1) is 35.8. The van der Waals surface area contributed by atoms with E-state index in [1.54, 1.807) is 0 Å². The van der Waals surface area contributed by atoms with Crippen LogP contribution in [0.5, 0.6) is 11.5 Å². The fourth-order valence-electron chi connectivity index (χ4n) is 8.10. The Morgan fingerprint density at radius 1 is 0.467 bits per heavy atom. The van der Waals surface area contributed by atoms with Gasteiger partial charge < -0.3 is 14.9 Å². The molecule has 0 atom stereocenters.